The molecule has 0 saturated heterocycles. The summed E-state index contributed by atoms with van der Waals surface area (Å²) in [4.78, 5) is 11.8. The second kappa shape index (κ2) is 10.8. The van der Waals surface area contributed by atoms with Crippen LogP contribution in [0.5, 0.6) is 0 Å². The first-order valence-corrected chi connectivity index (χ1v) is 11.9. The van der Waals surface area contributed by atoms with Crippen molar-refractivity contribution < 1.29 is 9.53 Å². The molecule has 0 fully saturated rings. The molecule has 5 nitrogen and oxygen atoms in total. The monoisotopic (exact) mass is 451 g/mol. The van der Waals surface area contributed by atoms with Crippen molar-refractivity contribution in [3.8, 4) is 28.5 Å². The van der Waals surface area contributed by atoms with E-state index in [-0.39, 0.29) is 5.97 Å². The maximum absolute atomic E-state index is 11.8. The van der Waals surface area contributed by atoms with Gasteiger partial charge in [0, 0.05) is 23.2 Å². The van der Waals surface area contributed by atoms with Crippen LogP contribution in [-0.2, 0) is 22.4 Å². The minimum Gasteiger partial charge on any atom is -0.466 e. The van der Waals surface area contributed by atoms with Gasteiger partial charge in [0.15, 0.2) is 0 Å². The molecule has 0 saturated carbocycles. The van der Waals surface area contributed by atoms with Crippen molar-refractivity contribution in [2.24, 2.45) is 0 Å². The average molecular weight is 452 g/mol. The molecule has 0 atom stereocenters. The molecule has 0 amide bonds. The number of nitrogens with zero attached hydrogens (tertiary/aromatic N) is 3. The first-order chi connectivity index (χ1) is 16.7. The Labute approximate surface area is 200 Å². The van der Waals surface area contributed by atoms with Crippen molar-refractivity contribution in [1.29, 1.82) is 5.26 Å². The van der Waals surface area contributed by atoms with Crippen molar-refractivity contribution in [3.05, 3.63) is 83.6 Å². The van der Waals surface area contributed by atoms with Crippen LogP contribution in [0, 0.1) is 11.3 Å². The molecule has 0 bridgehead atoms. The van der Waals surface area contributed by atoms with Crippen molar-refractivity contribution in [3.63, 3.8) is 0 Å². The molecular weight excluding hydrogens is 422 g/mol. The topological polar surface area (TPSA) is 67.4 Å². The maximum Gasteiger partial charge on any atom is 0.305 e. The largest absolute Gasteiger partial charge is 0.466 e. The van der Waals surface area contributed by atoms with Crippen LogP contribution in [0.3, 0.4) is 0 Å². The number of unbranched alkanes of at least 4 members (excludes halogenated alkanes) is 1. The number of aryl methyl sites for hydroxylation is 1. The fourth-order valence-electron chi connectivity index (χ4n) is 4.42. The van der Waals surface area contributed by atoms with E-state index in [1.165, 1.54) is 0 Å². The lowest BCUT2D eigenvalue weighted by molar-refractivity contribution is -0.143. The molecule has 0 radical (unpaired) electrons. The van der Waals surface area contributed by atoms with Crippen LogP contribution in [-0.4, -0.2) is 22.2 Å². The standard InChI is InChI=1S/C29H29N3O2/c1-3-24-17-18-26-28(23-14-10-11-21(19-23)20-30)25(15-8-9-16-27(33)34-4-2)29(31-32(24)26)22-12-6-5-7-13-22/h5-7,10-14,17-19H,3-4,8-9,15-16H2,1-2H3. The number of esters is 1. The van der Waals surface area contributed by atoms with E-state index in [0.29, 0.717) is 18.6 Å². The number of fused-ring (bicyclic) bond motifs is 1. The second-order valence-corrected chi connectivity index (χ2v) is 8.25. The van der Waals surface area contributed by atoms with Gasteiger partial charge in [-0.25, -0.2) is 4.52 Å². The third kappa shape index (κ3) is 4.87. The molecule has 2 aromatic heterocycles. The predicted octanol–water partition coefficient (Wildman–Crippen LogP) is 6.38. The Bertz CT molecular complexity index is 1330. The fourth-order valence-corrected chi connectivity index (χ4v) is 4.42. The maximum atomic E-state index is 11.8. The molecule has 0 spiro atoms. The SMILES string of the molecule is CCOC(=O)CCCCc1c(-c2ccccc2)nn2c(CC)ccc2c1-c1cccc(C#N)c1. The molecule has 0 aliphatic rings. The van der Waals surface area contributed by atoms with Crippen molar-refractivity contribution in [2.75, 3.05) is 6.61 Å². The Morgan fingerprint density at radius 3 is 2.53 bits per heavy atom. The number of carbonyl (C=O) groups excluding carboxylic acids is 1. The molecule has 5 heteroatoms. The first kappa shape index (κ1) is 23.3. The Hall–Kier alpha value is -3.91. The number of carbonyl (C=O) groups is 1. The van der Waals surface area contributed by atoms with Crippen LogP contribution in [0.15, 0.2) is 66.7 Å². The van der Waals surface area contributed by atoms with E-state index in [4.69, 9.17) is 9.84 Å². The molecule has 0 aliphatic carbocycles. The van der Waals surface area contributed by atoms with Gasteiger partial charge in [0.1, 0.15) is 0 Å². The molecule has 4 rings (SSSR count). The molecule has 0 unspecified atom stereocenters. The number of hydrogen-bond donors (Lipinski definition) is 0. The normalized spacial score (nSPS) is 10.9. The Kier molecular flexibility index (Phi) is 7.39. The van der Waals surface area contributed by atoms with Crippen molar-refractivity contribution in [2.45, 2.75) is 46.0 Å². The Morgan fingerprint density at radius 1 is 1.00 bits per heavy atom. The van der Waals surface area contributed by atoms with Crippen LogP contribution in [0.1, 0.15) is 49.9 Å². The summed E-state index contributed by atoms with van der Waals surface area (Å²) < 4.78 is 7.13. The van der Waals surface area contributed by atoms with Crippen LogP contribution in [0.2, 0.25) is 0 Å². The highest BCUT2D eigenvalue weighted by Crippen LogP contribution is 2.36. The van der Waals surface area contributed by atoms with Crippen molar-refractivity contribution in [1.82, 2.24) is 9.61 Å². The lowest BCUT2D eigenvalue weighted by Crippen LogP contribution is -2.07. The first-order valence-electron chi connectivity index (χ1n) is 11.9. The molecule has 0 N–H and O–H groups in total. The van der Waals surface area contributed by atoms with Crippen LogP contribution in [0.4, 0.5) is 0 Å². The van der Waals surface area contributed by atoms with Gasteiger partial charge in [-0.3, -0.25) is 4.79 Å². The lowest BCUT2D eigenvalue weighted by atomic mass is 9.91. The Morgan fingerprint density at radius 2 is 1.79 bits per heavy atom. The summed E-state index contributed by atoms with van der Waals surface area (Å²) in [5, 5.41) is 14.6. The van der Waals surface area contributed by atoms with Crippen molar-refractivity contribution >= 4 is 11.5 Å². The van der Waals surface area contributed by atoms with Gasteiger partial charge in [-0.05, 0) is 68.0 Å². The zero-order valence-electron chi connectivity index (χ0n) is 19.8. The van der Waals surface area contributed by atoms with E-state index in [1.807, 2.05) is 47.8 Å². The second-order valence-electron chi connectivity index (χ2n) is 8.25. The molecule has 2 heterocycles. The van der Waals surface area contributed by atoms with E-state index < -0.39 is 0 Å². The van der Waals surface area contributed by atoms with E-state index in [2.05, 4.69) is 43.3 Å². The van der Waals surface area contributed by atoms with Gasteiger partial charge >= 0.3 is 5.97 Å². The zero-order chi connectivity index (χ0) is 23.9. The summed E-state index contributed by atoms with van der Waals surface area (Å²) in [7, 11) is 0. The third-order valence-corrected chi connectivity index (χ3v) is 6.03. The van der Waals surface area contributed by atoms with E-state index >= 15 is 0 Å². The van der Waals surface area contributed by atoms with Gasteiger partial charge in [-0.2, -0.15) is 10.4 Å². The van der Waals surface area contributed by atoms with Gasteiger partial charge in [0.05, 0.1) is 29.5 Å². The molecule has 172 valence electrons. The fraction of sp³-hybridized carbons (Fsp3) is 0.276. The quantitative estimate of drug-likeness (QED) is 0.219. The van der Waals surface area contributed by atoms with Crippen LogP contribution >= 0.6 is 0 Å². The van der Waals surface area contributed by atoms with E-state index in [0.717, 1.165) is 64.8 Å². The molecule has 2 aromatic carbocycles. The Balaban J connectivity index is 1.88. The van der Waals surface area contributed by atoms with Gasteiger partial charge in [-0.15, -0.1) is 0 Å². The predicted molar refractivity (Wildman–Crippen MR) is 134 cm³/mol. The number of ether oxygens (including phenoxy) is 1. The smallest absolute Gasteiger partial charge is 0.305 e. The van der Waals surface area contributed by atoms with Gasteiger partial charge in [0.2, 0.25) is 0 Å². The summed E-state index contributed by atoms with van der Waals surface area (Å²) in [6, 6.07) is 24.5. The van der Waals surface area contributed by atoms with E-state index in [1.54, 1.807) is 0 Å². The third-order valence-electron chi connectivity index (χ3n) is 6.03. The summed E-state index contributed by atoms with van der Waals surface area (Å²) in [5.74, 6) is -0.152. The van der Waals surface area contributed by atoms with Gasteiger partial charge in [-0.1, -0.05) is 49.4 Å². The van der Waals surface area contributed by atoms with E-state index in [9.17, 15) is 10.1 Å². The number of nitriles is 1. The van der Waals surface area contributed by atoms with Gasteiger partial charge < -0.3 is 4.74 Å². The van der Waals surface area contributed by atoms with Crippen LogP contribution < -0.4 is 0 Å². The summed E-state index contributed by atoms with van der Waals surface area (Å²) in [6.07, 6.45) is 3.63. The number of rotatable bonds is 9. The van der Waals surface area contributed by atoms with Crippen LogP contribution in [0.25, 0.3) is 27.9 Å². The molecular formula is C29H29N3O2. The minimum atomic E-state index is -0.152. The molecule has 0 aliphatic heterocycles. The lowest BCUT2D eigenvalue weighted by Gasteiger charge is -2.18. The van der Waals surface area contributed by atoms with Gasteiger partial charge in [0.25, 0.3) is 0 Å². The highest BCUT2D eigenvalue weighted by atomic mass is 16.5. The zero-order valence-corrected chi connectivity index (χ0v) is 19.8. The molecule has 4 aromatic rings. The highest BCUT2D eigenvalue weighted by molar-refractivity contribution is 5.88. The average Bonchev–Trinajstić information content (AvgIpc) is 3.29. The minimum absolute atomic E-state index is 0.152. The molecule has 34 heavy (non-hydrogen) atoms. The number of benzene rings is 2. The number of hydrogen-bond acceptors (Lipinski definition) is 4. The number of aromatic nitrogens is 2. The highest BCUT2D eigenvalue weighted by Gasteiger charge is 2.20. The summed E-state index contributed by atoms with van der Waals surface area (Å²) >= 11 is 0. The summed E-state index contributed by atoms with van der Waals surface area (Å²) in [5.41, 5.74) is 8.03. The summed E-state index contributed by atoms with van der Waals surface area (Å²) in [6.45, 7) is 4.37.